The van der Waals surface area contributed by atoms with Crippen molar-refractivity contribution in [1.82, 2.24) is 10.6 Å². The molecule has 1 unspecified atom stereocenters. The van der Waals surface area contributed by atoms with Crippen molar-refractivity contribution >= 4 is 5.91 Å². The highest BCUT2D eigenvalue weighted by Gasteiger charge is 2.23. The topological polar surface area (TPSA) is 41.1 Å². The van der Waals surface area contributed by atoms with Crippen molar-refractivity contribution in [3.8, 4) is 0 Å². The monoisotopic (exact) mass is 168 g/mol. The van der Waals surface area contributed by atoms with Gasteiger partial charge in [0.25, 0.3) is 0 Å². The number of piperidine rings is 1. The first-order valence-corrected chi connectivity index (χ1v) is 4.84. The van der Waals surface area contributed by atoms with Gasteiger partial charge >= 0.3 is 0 Å². The van der Waals surface area contributed by atoms with Gasteiger partial charge in [0.1, 0.15) is 0 Å². The third kappa shape index (κ3) is 2.21. The minimum atomic E-state index is 0.208. The van der Waals surface area contributed by atoms with Gasteiger partial charge in [0.15, 0.2) is 0 Å². The maximum Gasteiger partial charge on any atom is 0.220 e. The van der Waals surface area contributed by atoms with Gasteiger partial charge in [0.2, 0.25) is 5.91 Å². The standard InChI is InChI=1S/C9H16N2O/c12-9-4-3-8(6-11-9)10-5-7-1-2-7/h7-8,10H,1-6H2,(H,11,12). The molecule has 2 N–H and O–H groups in total. The van der Waals surface area contributed by atoms with Gasteiger partial charge in [0.05, 0.1) is 0 Å². The summed E-state index contributed by atoms with van der Waals surface area (Å²) in [6.07, 6.45) is 4.50. The molecule has 3 heteroatoms. The summed E-state index contributed by atoms with van der Waals surface area (Å²) in [5.41, 5.74) is 0. The summed E-state index contributed by atoms with van der Waals surface area (Å²) in [4.78, 5) is 10.8. The van der Waals surface area contributed by atoms with Gasteiger partial charge in [0, 0.05) is 19.0 Å². The molecule has 0 bridgehead atoms. The van der Waals surface area contributed by atoms with Crippen LogP contribution in [0, 0.1) is 5.92 Å². The van der Waals surface area contributed by atoms with Gasteiger partial charge in [-0.1, -0.05) is 0 Å². The fourth-order valence-corrected chi connectivity index (χ4v) is 1.56. The molecule has 0 aromatic rings. The van der Waals surface area contributed by atoms with Gasteiger partial charge in [-0.2, -0.15) is 0 Å². The molecule has 0 aromatic heterocycles. The van der Waals surface area contributed by atoms with E-state index >= 15 is 0 Å². The molecule has 1 aliphatic heterocycles. The average Bonchev–Trinajstić information content (AvgIpc) is 2.87. The van der Waals surface area contributed by atoms with Gasteiger partial charge < -0.3 is 10.6 Å². The third-order valence-corrected chi connectivity index (χ3v) is 2.66. The minimum absolute atomic E-state index is 0.208. The number of nitrogens with one attached hydrogen (secondary N) is 2. The number of carbonyl (C=O) groups is 1. The fourth-order valence-electron chi connectivity index (χ4n) is 1.56. The van der Waals surface area contributed by atoms with Crippen molar-refractivity contribution in [3.63, 3.8) is 0 Å². The summed E-state index contributed by atoms with van der Waals surface area (Å²) in [5, 5.41) is 6.36. The first-order chi connectivity index (χ1) is 5.84. The van der Waals surface area contributed by atoms with Crippen LogP contribution in [0.3, 0.4) is 0 Å². The third-order valence-electron chi connectivity index (χ3n) is 2.66. The predicted molar refractivity (Wildman–Crippen MR) is 46.8 cm³/mol. The quantitative estimate of drug-likeness (QED) is 0.635. The van der Waals surface area contributed by atoms with E-state index in [4.69, 9.17) is 0 Å². The van der Waals surface area contributed by atoms with Gasteiger partial charge in [-0.3, -0.25) is 4.79 Å². The summed E-state index contributed by atoms with van der Waals surface area (Å²) in [6, 6.07) is 0.531. The molecule has 1 heterocycles. The van der Waals surface area contributed by atoms with Crippen LogP contribution in [-0.4, -0.2) is 25.0 Å². The summed E-state index contributed by atoms with van der Waals surface area (Å²) in [5.74, 6) is 1.14. The van der Waals surface area contributed by atoms with Crippen molar-refractivity contribution in [2.75, 3.05) is 13.1 Å². The van der Waals surface area contributed by atoms with Crippen LogP contribution in [0.5, 0.6) is 0 Å². The van der Waals surface area contributed by atoms with Crippen molar-refractivity contribution in [2.45, 2.75) is 31.7 Å². The molecule has 2 fully saturated rings. The highest BCUT2D eigenvalue weighted by Crippen LogP contribution is 2.27. The van der Waals surface area contributed by atoms with E-state index < -0.39 is 0 Å². The lowest BCUT2D eigenvalue weighted by atomic mass is 10.1. The van der Waals surface area contributed by atoms with Crippen LogP contribution in [0.1, 0.15) is 25.7 Å². The summed E-state index contributed by atoms with van der Waals surface area (Å²) in [6.45, 7) is 1.98. The van der Waals surface area contributed by atoms with E-state index in [-0.39, 0.29) is 5.91 Å². The van der Waals surface area contributed by atoms with Crippen molar-refractivity contribution in [3.05, 3.63) is 0 Å². The van der Waals surface area contributed by atoms with Gasteiger partial charge in [-0.25, -0.2) is 0 Å². The zero-order valence-electron chi connectivity index (χ0n) is 7.31. The highest BCUT2D eigenvalue weighted by atomic mass is 16.1. The molecule has 2 aliphatic rings. The van der Waals surface area contributed by atoms with E-state index in [2.05, 4.69) is 10.6 Å². The summed E-state index contributed by atoms with van der Waals surface area (Å²) < 4.78 is 0. The first-order valence-electron chi connectivity index (χ1n) is 4.84. The SMILES string of the molecule is O=C1CCC(NCC2CC2)CN1. The molecule has 1 saturated carbocycles. The van der Waals surface area contributed by atoms with Crippen molar-refractivity contribution in [1.29, 1.82) is 0 Å². The number of carbonyl (C=O) groups excluding carboxylic acids is 1. The van der Waals surface area contributed by atoms with E-state index in [1.807, 2.05) is 0 Å². The van der Waals surface area contributed by atoms with E-state index in [1.165, 1.54) is 12.8 Å². The Balaban J connectivity index is 1.63. The van der Waals surface area contributed by atoms with Crippen LogP contribution in [0.15, 0.2) is 0 Å². The Morgan fingerprint density at radius 1 is 1.42 bits per heavy atom. The number of hydrogen-bond acceptors (Lipinski definition) is 2. The molecule has 1 aliphatic carbocycles. The summed E-state index contributed by atoms with van der Waals surface area (Å²) >= 11 is 0. The van der Waals surface area contributed by atoms with Crippen LogP contribution < -0.4 is 10.6 Å². The smallest absolute Gasteiger partial charge is 0.220 e. The molecule has 0 radical (unpaired) electrons. The molecule has 3 nitrogen and oxygen atoms in total. The van der Waals surface area contributed by atoms with Crippen LogP contribution in [0.4, 0.5) is 0 Å². The molecule has 12 heavy (non-hydrogen) atoms. The van der Waals surface area contributed by atoms with Gasteiger partial charge in [-0.15, -0.1) is 0 Å². The molecule has 1 atom stereocenters. The lowest BCUT2D eigenvalue weighted by molar-refractivity contribution is -0.122. The second-order valence-corrected chi connectivity index (χ2v) is 3.89. The molecular formula is C9H16N2O. The zero-order chi connectivity index (χ0) is 8.39. The van der Waals surface area contributed by atoms with Gasteiger partial charge in [-0.05, 0) is 31.7 Å². The number of hydrogen-bond donors (Lipinski definition) is 2. The first kappa shape index (κ1) is 8.05. The summed E-state index contributed by atoms with van der Waals surface area (Å²) in [7, 11) is 0. The van der Waals surface area contributed by atoms with E-state index in [0.29, 0.717) is 12.5 Å². The Bertz CT molecular complexity index is 167. The molecular weight excluding hydrogens is 152 g/mol. The maximum atomic E-state index is 10.8. The molecule has 1 amide bonds. The zero-order valence-corrected chi connectivity index (χ0v) is 7.31. The Morgan fingerprint density at radius 3 is 2.83 bits per heavy atom. The Kier molecular flexibility index (Phi) is 2.30. The molecule has 1 saturated heterocycles. The molecule has 68 valence electrons. The van der Waals surface area contributed by atoms with E-state index in [1.54, 1.807) is 0 Å². The van der Waals surface area contributed by atoms with Crippen LogP contribution in [0.25, 0.3) is 0 Å². The second kappa shape index (κ2) is 3.44. The van der Waals surface area contributed by atoms with Crippen molar-refractivity contribution < 1.29 is 4.79 Å². The van der Waals surface area contributed by atoms with Crippen molar-refractivity contribution in [2.24, 2.45) is 5.92 Å². The second-order valence-electron chi connectivity index (χ2n) is 3.89. The fraction of sp³-hybridized carbons (Fsp3) is 0.889. The predicted octanol–water partition coefficient (Wildman–Crippen LogP) is 0.265. The minimum Gasteiger partial charge on any atom is -0.355 e. The Hall–Kier alpha value is -0.570. The van der Waals surface area contributed by atoms with Crippen LogP contribution in [-0.2, 0) is 4.79 Å². The largest absolute Gasteiger partial charge is 0.355 e. The van der Waals surface area contributed by atoms with E-state index in [0.717, 1.165) is 25.4 Å². The Labute approximate surface area is 72.9 Å². The van der Waals surface area contributed by atoms with E-state index in [9.17, 15) is 4.79 Å². The molecule has 0 spiro atoms. The lowest BCUT2D eigenvalue weighted by Crippen LogP contribution is -2.46. The highest BCUT2D eigenvalue weighted by molar-refractivity contribution is 5.76. The normalized spacial score (nSPS) is 30.0. The van der Waals surface area contributed by atoms with Crippen LogP contribution >= 0.6 is 0 Å². The number of rotatable bonds is 3. The molecule has 0 aromatic carbocycles. The molecule has 2 rings (SSSR count). The maximum absolute atomic E-state index is 10.8. The van der Waals surface area contributed by atoms with Crippen LogP contribution in [0.2, 0.25) is 0 Å². The Morgan fingerprint density at radius 2 is 2.25 bits per heavy atom. The number of amides is 1. The average molecular weight is 168 g/mol. The lowest BCUT2D eigenvalue weighted by Gasteiger charge is -2.23.